The van der Waals surface area contributed by atoms with Crippen molar-refractivity contribution in [2.45, 2.75) is 40.0 Å². The molecule has 0 saturated carbocycles. The van der Waals surface area contributed by atoms with Gasteiger partial charge in [-0.25, -0.2) is 0 Å². The minimum atomic E-state index is 0. The van der Waals surface area contributed by atoms with Gasteiger partial charge in [0, 0.05) is 39.3 Å². The molecule has 0 amide bonds. The average Bonchev–Trinajstić information content (AvgIpc) is 2.45. The van der Waals surface area contributed by atoms with Gasteiger partial charge in [-0.05, 0) is 38.9 Å². The Morgan fingerprint density at radius 3 is 0.857 bits per heavy atom. The molecule has 0 aliphatic carbocycles. The van der Waals surface area contributed by atoms with Gasteiger partial charge in [-0.15, -0.1) is 0 Å². The van der Waals surface area contributed by atoms with Crippen LogP contribution in [0.5, 0.6) is 0 Å². The molecule has 0 unspecified atom stereocenters. The molecule has 1 aliphatic rings. The Labute approximate surface area is 164 Å². The molecule has 0 spiro atoms. The van der Waals surface area contributed by atoms with Gasteiger partial charge in [0.25, 0.3) is 0 Å². The van der Waals surface area contributed by atoms with Gasteiger partial charge in [0.05, 0.1) is 0 Å². The van der Waals surface area contributed by atoms with Crippen LogP contribution in [0.2, 0.25) is 0 Å². The topological polar surface area (TPSA) is 9.72 Å². The van der Waals surface area contributed by atoms with Gasteiger partial charge in [-0.3, -0.25) is 0 Å². The van der Waals surface area contributed by atoms with Crippen molar-refractivity contribution in [3.05, 3.63) is 0 Å². The molecule has 0 aromatic heterocycles. The van der Waals surface area contributed by atoms with E-state index in [0.717, 1.165) is 0 Å². The molecular formula is C15H33Br2CuN3. The van der Waals surface area contributed by atoms with E-state index >= 15 is 0 Å². The third-order valence-corrected chi connectivity index (χ3v) is 3.82. The van der Waals surface area contributed by atoms with Crippen LogP contribution in [0.15, 0.2) is 0 Å². The SMILES string of the molecule is CCCN1CCN(CCC)CCN(CCC)CC1.[Br-].[Br-].[Cu+2]. The quantitative estimate of drug-likeness (QED) is 0.362. The molecule has 0 atom stereocenters. The summed E-state index contributed by atoms with van der Waals surface area (Å²) in [7, 11) is 0. The van der Waals surface area contributed by atoms with Gasteiger partial charge >= 0.3 is 17.1 Å². The van der Waals surface area contributed by atoms with Crippen LogP contribution in [0.3, 0.4) is 0 Å². The van der Waals surface area contributed by atoms with Gasteiger partial charge in [-0.2, -0.15) is 0 Å². The van der Waals surface area contributed by atoms with Gasteiger partial charge < -0.3 is 48.7 Å². The molecule has 21 heavy (non-hydrogen) atoms. The standard InChI is InChI=1S/C15H33N3.2BrH.Cu/c1-4-7-16-10-12-17(8-5-2)14-15-18(9-6-3)13-11-16;;;/h4-15H2,1-3H3;2*1H;/q;;;+2/p-2. The van der Waals surface area contributed by atoms with Crippen molar-refractivity contribution < 1.29 is 51.0 Å². The smallest absolute Gasteiger partial charge is 1.00 e. The number of halogens is 2. The Morgan fingerprint density at radius 2 is 0.714 bits per heavy atom. The third kappa shape index (κ3) is 12.4. The molecule has 1 saturated heterocycles. The normalized spacial score (nSPS) is 18.4. The average molecular weight is 479 g/mol. The van der Waals surface area contributed by atoms with Crippen molar-refractivity contribution >= 4 is 0 Å². The number of hydrogen-bond acceptors (Lipinski definition) is 3. The maximum absolute atomic E-state index is 2.65. The first-order chi connectivity index (χ1) is 8.80. The summed E-state index contributed by atoms with van der Waals surface area (Å²) in [5.74, 6) is 0. The van der Waals surface area contributed by atoms with Crippen LogP contribution in [-0.4, -0.2) is 73.6 Å². The Morgan fingerprint density at radius 1 is 0.524 bits per heavy atom. The molecule has 0 N–H and O–H groups in total. The molecule has 133 valence electrons. The maximum Gasteiger partial charge on any atom is 2.00 e. The zero-order valence-corrected chi connectivity index (χ0v) is 18.0. The van der Waals surface area contributed by atoms with Crippen molar-refractivity contribution in [3.63, 3.8) is 0 Å². The summed E-state index contributed by atoms with van der Waals surface area (Å²) in [5.41, 5.74) is 0. The Kier molecular flexibility index (Phi) is 23.0. The molecule has 0 aromatic carbocycles. The molecular weight excluding hydrogens is 446 g/mol. The molecule has 6 heteroatoms. The van der Waals surface area contributed by atoms with E-state index in [2.05, 4.69) is 35.5 Å². The molecule has 0 aromatic rings. The summed E-state index contributed by atoms with van der Waals surface area (Å²) in [6, 6.07) is 0. The predicted molar refractivity (Wildman–Crippen MR) is 80.2 cm³/mol. The van der Waals surface area contributed by atoms with Gasteiger partial charge in [0.15, 0.2) is 0 Å². The molecule has 1 aliphatic heterocycles. The van der Waals surface area contributed by atoms with E-state index in [1.54, 1.807) is 0 Å². The summed E-state index contributed by atoms with van der Waals surface area (Å²) in [5, 5.41) is 0. The number of hydrogen-bond donors (Lipinski definition) is 0. The Hall–Kier alpha value is 1.36. The van der Waals surface area contributed by atoms with E-state index in [1.165, 1.54) is 78.2 Å². The molecule has 1 fully saturated rings. The van der Waals surface area contributed by atoms with Crippen LogP contribution in [0, 0.1) is 0 Å². The predicted octanol–water partition coefficient (Wildman–Crippen LogP) is -3.86. The van der Waals surface area contributed by atoms with E-state index in [9.17, 15) is 0 Å². The molecule has 1 heterocycles. The van der Waals surface area contributed by atoms with Crippen LogP contribution in [-0.2, 0) is 17.1 Å². The third-order valence-electron chi connectivity index (χ3n) is 3.82. The summed E-state index contributed by atoms with van der Waals surface area (Å²) in [6.07, 6.45) is 3.84. The van der Waals surface area contributed by atoms with Gasteiger partial charge in [-0.1, -0.05) is 20.8 Å². The van der Waals surface area contributed by atoms with Crippen LogP contribution < -0.4 is 34.0 Å². The zero-order valence-electron chi connectivity index (χ0n) is 13.9. The summed E-state index contributed by atoms with van der Waals surface area (Å²) in [4.78, 5) is 7.95. The molecule has 3 nitrogen and oxygen atoms in total. The minimum Gasteiger partial charge on any atom is -1.00 e. The van der Waals surface area contributed by atoms with E-state index in [1.807, 2.05) is 0 Å². The molecule has 1 rings (SSSR count). The first-order valence-corrected chi connectivity index (χ1v) is 7.97. The first kappa shape index (κ1) is 27.2. The van der Waals surface area contributed by atoms with Crippen LogP contribution in [0.25, 0.3) is 0 Å². The van der Waals surface area contributed by atoms with E-state index in [4.69, 9.17) is 0 Å². The van der Waals surface area contributed by atoms with Crippen molar-refractivity contribution in [2.24, 2.45) is 0 Å². The van der Waals surface area contributed by atoms with E-state index in [0.29, 0.717) is 0 Å². The van der Waals surface area contributed by atoms with Crippen LogP contribution in [0.1, 0.15) is 40.0 Å². The second-order valence-corrected chi connectivity index (χ2v) is 5.52. The van der Waals surface area contributed by atoms with Crippen molar-refractivity contribution in [1.29, 1.82) is 0 Å². The first-order valence-electron chi connectivity index (χ1n) is 7.97. The monoisotopic (exact) mass is 476 g/mol. The maximum atomic E-state index is 2.65. The van der Waals surface area contributed by atoms with Crippen molar-refractivity contribution in [1.82, 2.24) is 14.7 Å². The fourth-order valence-electron chi connectivity index (χ4n) is 2.80. The van der Waals surface area contributed by atoms with Crippen LogP contribution in [0.4, 0.5) is 0 Å². The fraction of sp³-hybridized carbons (Fsp3) is 1.00. The van der Waals surface area contributed by atoms with Gasteiger partial charge in [0.2, 0.25) is 0 Å². The number of nitrogens with zero attached hydrogens (tertiary/aromatic N) is 3. The minimum absolute atomic E-state index is 0. The fourth-order valence-corrected chi connectivity index (χ4v) is 2.80. The molecule has 1 radical (unpaired) electrons. The van der Waals surface area contributed by atoms with Crippen molar-refractivity contribution in [3.8, 4) is 0 Å². The van der Waals surface area contributed by atoms with E-state index in [-0.39, 0.29) is 51.0 Å². The second kappa shape index (κ2) is 17.7. The second-order valence-electron chi connectivity index (χ2n) is 5.52. The summed E-state index contributed by atoms with van der Waals surface area (Å²) >= 11 is 0. The van der Waals surface area contributed by atoms with Crippen LogP contribution >= 0.6 is 0 Å². The summed E-state index contributed by atoms with van der Waals surface area (Å²) < 4.78 is 0. The number of rotatable bonds is 6. The Bertz CT molecular complexity index is 166. The van der Waals surface area contributed by atoms with E-state index < -0.39 is 0 Å². The zero-order chi connectivity index (χ0) is 13.2. The van der Waals surface area contributed by atoms with Gasteiger partial charge in [0.1, 0.15) is 0 Å². The van der Waals surface area contributed by atoms with Crippen molar-refractivity contribution in [2.75, 3.05) is 58.9 Å². The largest absolute Gasteiger partial charge is 2.00 e. The molecule has 0 bridgehead atoms. The summed E-state index contributed by atoms with van der Waals surface area (Å²) in [6.45, 7) is 18.2. The Balaban J connectivity index is -0.00000108.